The molecular weight excluding hydrogens is 324 g/mol. The third kappa shape index (κ3) is 3.98. The maximum absolute atomic E-state index is 9.22. The lowest BCUT2D eigenvalue weighted by molar-refractivity contribution is 0.317. The summed E-state index contributed by atoms with van der Waals surface area (Å²) in [5, 5.41) is 27.5. The predicted molar refractivity (Wildman–Crippen MR) is 91.4 cm³/mol. The van der Waals surface area contributed by atoms with Gasteiger partial charge in [-0.2, -0.15) is 15.8 Å². The molecule has 0 spiro atoms. The van der Waals surface area contributed by atoms with Gasteiger partial charge in [0.1, 0.15) is 29.6 Å². The monoisotopic (exact) mass is 338 g/mol. The molecule has 24 heavy (non-hydrogen) atoms. The van der Waals surface area contributed by atoms with Crippen molar-refractivity contribution in [3.8, 4) is 18.2 Å². The van der Waals surface area contributed by atoms with Gasteiger partial charge in [0, 0.05) is 36.9 Å². The molecule has 2 N–H and O–H groups in total. The second-order valence-electron chi connectivity index (χ2n) is 5.15. The SMILES string of the molecule is N#CC(C#N)=C/C(C#N)=C(/N)N1CCN(c2cccc(Cl)c2)CC1. The number of anilines is 1. The Hall–Kier alpha value is -3.14. The normalized spacial score (nSPS) is 14.8. The third-order valence-corrected chi connectivity index (χ3v) is 3.95. The summed E-state index contributed by atoms with van der Waals surface area (Å²) in [7, 11) is 0. The van der Waals surface area contributed by atoms with Crippen LogP contribution in [0.4, 0.5) is 5.69 Å². The van der Waals surface area contributed by atoms with E-state index in [2.05, 4.69) is 4.90 Å². The zero-order valence-electron chi connectivity index (χ0n) is 12.9. The highest BCUT2D eigenvalue weighted by atomic mass is 35.5. The molecule has 0 unspecified atom stereocenters. The Morgan fingerprint density at radius 1 is 1.08 bits per heavy atom. The van der Waals surface area contributed by atoms with Crippen LogP contribution in [0.3, 0.4) is 0 Å². The van der Waals surface area contributed by atoms with Crippen LogP contribution < -0.4 is 10.6 Å². The molecule has 0 aromatic heterocycles. The first-order chi connectivity index (χ1) is 11.6. The molecule has 0 radical (unpaired) electrons. The molecule has 1 aromatic rings. The van der Waals surface area contributed by atoms with Gasteiger partial charge in [0.2, 0.25) is 0 Å². The van der Waals surface area contributed by atoms with Crippen molar-refractivity contribution in [3.05, 3.63) is 52.3 Å². The van der Waals surface area contributed by atoms with E-state index >= 15 is 0 Å². The standard InChI is InChI=1S/C17H15ClN6/c18-15-2-1-3-16(9-15)23-4-6-24(7-5-23)17(22)14(12-21)8-13(10-19)11-20/h1-3,8-9H,4-7,22H2/b17-14+. The van der Waals surface area contributed by atoms with Gasteiger partial charge >= 0.3 is 0 Å². The summed E-state index contributed by atoms with van der Waals surface area (Å²) in [6.45, 7) is 2.72. The second-order valence-corrected chi connectivity index (χ2v) is 5.58. The van der Waals surface area contributed by atoms with Gasteiger partial charge < -0.3 is 15.5 Å². The molecule has 1 saturated heterocycles. The van der Waals surface area contributed by atoms with Crippen molar-refractivity contribution in [1.29, 1.82) is 15.8 Å². The third-order valence-electron chi connectivity index (χ3n) is 3.72. The molecule has 1 aliphatic rings. The minimum Gasteiger partial charge on any atom is -0.384 e. The number of rotatable bonds is 3. The number of nitrogens with zero attached hydrogens (tertiary/aromatic N) is 5. The Morgan fingerprint density at radius 3 is 2.29 bits per heavy atom. The van der Waals surface area contributed by atoms with E-state index in [1.807, 2.05) is 35.2 Å². The molecule has 0 saturated carbocycles. The first-order valence-corrected chi connectivity index (χ1v) is 7.64. The molecular formula is C17H15ClN6. The average molecular weight is 339 g/mol. The summed E-state index contributed by atoms with van der Waals surface area (Å²) in [5.41, 5.74) is 7.07. The molecule has 1 heterocycles. The van der Waals surface area contributed by atoms with Crippen LogP contribution in [0.25, 0.3) is 0 Å². The van der Waals surface area contributed by atoms with Crippen LogP contribution in [-0.2, 0) is 0 Å². The van der Waals surface area contributed by atoms with E-state index in [1.165, 1.54) is 6.08 Å². The van der Waals surface area contributed by atoms with Gasteiger partial charge in [0.05, 0.1) is 5.57 Å². The molecule has 2 rings (SSSR count). The Bertz CT molecular complexity index is 782. The van der Waals surface area contributed by atoms with Crippen LogP contribution in [0.2, 0.25) is 5.02 Å². The molecule has 0 amide bonds. The fraction of sp³-hybridized carbons (Fsp3) is 0.235. The molecule has 0 aliphatic carbocycles. The molecule has 1 aromatic carbocycles. The maximum Gasteiger partial charge on any atom is 0.131 e. The number of allylic oxidation sites excluding steroid dienone is 3. The summed E-state index contributed by atoms with van der Waals surface area (Å²) in [4.78, 5) is 4.07. The summed E-state index contributed by atoms with van der Waals surface area (Å²) in [6.07, 6.45) is 1.22. The highest BCUT2D eigenvalue weighted by Crippen LogP contribution is 2.21. The highest BCUT2D eigenvalue weighted by Gasteiger charge is 2.19. The highest BCUT2D eigenvalue weighted by molar-refractivity contribution is 6.30. The molecule has 7 heteroatoms. The van der Waals surface area contributed by atoms with Crippen molar-refractivity contribution in [2.75, 3.05) is 31.1 Å². The summed E-state index contributed by atoms with van der Waals surface area (Å²) in [6, 6.07) is 13.0. The Morgan fingerprint density at radius 2 is 1.75 bits per heavy atom. The molecule has 6 nitrogen and oxygen atoms in total. The van der Waals surface area contributed by atoms with Crippen molar-refractivity contribution < 1.29 is 0 Å². The molecule has 0 bridgehead atoms. The van der Waals surface area contributed by atoms with Crippen LogP contribution >= 0.6 is 11.6 Å². The van der Waals surface area contributed by atoms with Crippen LogP contribution in [0.5, 0.6) is 0 Å². The van der Waals surface area contributed by atoms with Crippen LogP contribution in [0.15, 0.2) is 47.3 Å². The van der Waals surface area contributed by atoms with Crippen molar-refractivity contribution in [3.63, 3.8) is 0 Å². The minimum absolute atomic E-state index is 0.129. The smallest absolute Gasteiger partial charge is 0.131 e. The van der Waals surface area contributed by atoms with E-state index in [4.69, 9.17) is 27.9 Å². The average Bonchev–Trinajstić information content (AvgIpc) is 2.62. The Labute approximate surface area is 145 Å². The summed E-state index contributed by atoms with van der Waals surface area (Å²) in [5.74, 6) is 0.284. The fourth-order valence-corrected chi connectivity index (χ4v) is 2.63. The number of benzene rings is 1. The van der Waals surface area contributed by atoms with E-state index in [0.717, 1.165) is 18.8 Å². The van der Waals surface area contributed by atoms with E-state index in [9.17, 15) is 5.26 Å². The van der Waals surface area contributed by atoms with Gasteiger partial charge in [-0.15, -0.1) is 0 Å². The number of nitrogens with two attached hydrogens (primary N) is 1. The zero-order valence-corrected chi connectivity index (χ0v) is 13.7. The van der Waals surface area contributed by atoms with Gasteiger partial charge in [0.25, 0.3) is 0 Å². The van der Waals surface area contributed by atoms with Gasteiger partial charge in [-0.3, -0.25) is 0 Å². The summed E-state index contributed by atoms with van der Waals surface area (Å²) < 4.78 is 0. The number of nitriles is 3. The van der Waals surface area contributed by atoms with E-state index < -0.39 is 0 Å². The lowest BCUT2D eigenvalue weighted by atomic mass is 10.1. The molecule has 120 valence electrons. The van der Waals surface area contributed by atoms with Gasteiger partial charge in [-0.05, 0) is 24.3 Å². The lowest BCUT2D eigenvalue weighted by Gasteiger charge is -2.37. The largest absolute Gasteiger partial charge is 0.384 e. The minimum atomic E-state index is -0.146. The van der Waals surface area contributed by atoms with Crippen molar-refractivity contribution >= 4 is 17.3 Å². The molecule has 0 atom stereocenters. The number of halogens is 1. The second kappa shape index (κ2) is 7.92. The van der Waals surface area contributed by atoms with Crippen LogP contribution in [0.1, 0.15) is 0 Å². The Balaban J connectivity index is 2.12. The predicted octanol–water partition coefficient (Wildman–Crippen LogP) is 2.13. The molecule has 1 aliphatic heterocycles. The zero-order chi connectivity index (χ0) is 17.5. The fourth-order valence-electron chi connectivity index (χ4n) is 2.45. The topological polar surface area (TPSA) is 104 Å². The Kier molecular flexibility index (Phi) is 5.68. The number of hydrogen-bond donors (Lipinski definition) is 1. The maximum atomic E-state index is 9.22. The van der Waals surface area contributed by atoms with E-state index in [0.29, 0.717) is 18.1 Å². The quantitative estimate of drug-likeness (QED) is 0.668. The number of hydrogen-bond acceptors (Lipinski definition) is 6. The van der Waals surface area contributed by atoms with Crippen molar-refractivity contribution in [2.45, 2.75) is 0 Å². The lowest BCUT2D eigenvalue weighted by Crippen LogP contribution is -2.47. The van der Waals surface area contributed by atoms with Gasteiger partial charge in [-0.1, -0.05) is 17.7 Å². The van der Waals surface area contributed by atoms with E-state index in [-0.39, 0.29) is 17.0 Å². The first kappa shape index (κ1) is 17.2. The van der Waals surface area contributed by atoms with Crippen LogP contribution in [-0.4, -0.2) is 31.1 Å². The summed E-state index contributed by atoms with van der Waals surface area (Å²) >= 11 is 6.02. The molecule has 1 fully saturated rings. The first-order valence-electron chi connectivity index (χ1n) is 7.26. The van der Waals surface area contributed by atoms with Crippen molar-refractivity contribution in [1.82, 2.24) is 4.90 Å². The number of piperazine rings is 1. The van der Waals surface area contributed by atoms with Crippen molar-refractivity contribution in [2.24, 2.45) is 5.73 Å². The van der Waals surface area contributed by atoms with Crippen LogP contribution in [0, 0.1) is 34.0 Å². The van der Waals surface area contributed by atoms with Gasteiger partial charge in [0.15, 0.2) is 0 Å². The van der Waals surface area contributed by atoms with Gasteiger partial charge in [-0.25, -0.2) is 0 Å². The van der Waals surface area contributed by atoms with E-state index in [1.54, 1.807) is 12.1 Å².